The van der Waals surface area contributed by atoms with E-state index in [0.717, 1.165) is 31.2 Å². The second kappa shape index (κ2) is 5.58. The topological polar surface area (TPSA) is 37.2 Å². The van der Waals surface area contributed by atoms with Crippen molar-refractivity contribution in [2.45, 2.75) is 19.5 Å². The van der Waals surface area contributed by atoms with E-state index in [-0.39, 0.29) is 0 Å². The number of rotatable bonds is 4. The van der Waals surface area contributed by atoms with E-state index in [2.05, 4.69) is 10.6 Å². The average Bonchev–Trinajstić information content (AvgIpc) is 2.66. The molecule has 1 aromatic rings. The van der Waals surface area contributed by atoms with Crippen molar-refractivity contribution in [1.82, 2.24) is 10.6 Å². The summed E-state index contributed by atoms with van der Waals surface area (Å²) in [6, 6.07) is 4.65. The number of hydrogen-bond acceptors (Lipinski definition) is 4. The highest BCUT2D eigenvalue weighted by Gasteiger charge is 2.11. The summed E-state index contributed by atoms with van der Waals surface area (Å²) in [5.74, 6) is 4.46. The number of thioether (sulfide) groups is 1. The van der Waals surface area contributed by atoms with Crippen molar-refractivity contribution in [3.05, 3.63) is 23.7 Å². The molecule has 2 heterocycles. The molecule has 0 aromatic carbocycles. The van der Waals surface area contributed by atoms with Gasteiger partial charge in [0.25, 0.3) is 0 Å². The fourth-order valence-corrected chi connectivity index (χ4v) is 2.65. The van der Waals surface area contributed by atoms with E-state index in [1.54, 1.807) is 0 Å². The summed E-state index contributed by atoms with van der Waals surface area (Å²) in [5.41, 5.74) is 0. The van der Waals surface area contributed by atoms with Gasteiger partial charge in [0.15, 0.2) is 0 Å². The van der Waals surface area contributed by atoms with Crippen molar-refractivity contribution in [1.29, 1.82) is 0 Å². The molecule has 1 unspecified atom stereocenters. The van der Waals surface area contributed by atoms with E-state index in [1.807, 2.05) is 30.8 Å². The molecule has 2 N–H and O–H groups in total. The van der Waals surface area contributed by atoms with Crippen molar-refractivity contribution in [3.8, 4) is 0 Å². The Hall–Kier alpha value is -0.450. The Morgan fingerprint density at radius 1 is 1.60 bits per heavy atom. The molecule has 0 spiro atoms. The molecule has 84 valence electrons. The SMILES string of the molecule is Cc1ccc(CNCC2CSCCN2)o1. The molecule has 1 saturated heterocycles. The Labute approximate surface area is 95.0 Å². The summed E-state index contributed by atoms with van der Waals surface area (Å²) in [6.45, 7) is 4.96. The Kier molecular flexibility index (Phi) is 4.11. The van der Waals surface area contributed by atoms with Gasteiger partial charge in [-0.1, -0.05) is 0 Å². The van der Waals surface area contributed by atoms with Crippen molar-refractivity contribution in [2.75, 3.05) is 24.6 Å². The van der Waals surface area contributed by atoms with Crippen LogP contribution in [0.4, 0.5) is 0 Å². The molecule has 0 bridgehead atoms. The normalized spacial score (nSPS) is 21.8. The summed E-state index contributed by atoms with van der Waals surface area (Å²) < 4.78 is 5.48. The third kappa shape index (κ3) is 3.55. The summed E-state index contributed by atoms with van der Waals surface area (Å²) in [7, 11) is 0. The monoisotopic (exact) mass is 226 g/mol. The summed E-state index contributed by atoms with van der Waals surface area (Å²) in [6.07, 6.45) is 0. The Morgan fingerprint density at radius 2 is 2.53 bits per heavy atom. The van der Waals surface area contributed by atoms with Crippen molar-refractivity contribution in [3.63, 3.8) is 0 Å². The van der Waals surface area contributed by atoms with Crippen LogP contribution in [0.1, 0.15) is 11.5 Å². The molecule has 1 fully saturated rings. The lowest BCUT2D eigenvalue weighted by Crippen LogP contribution is -2.44. The van der Waals surface area contributed by atoms with Gasteiger partial charge in [-0.15, -0.1) is 0 Å². The molecule has 0 saturated carbocycles. The molecule has 0 radical (unpaired) electrons. The van der Waals surface area contributed by atoms with Gasteiger partial charge in [-0.25, -0.2) is 0 Å². The maximum Gasteiger partial charge on any atom is 0.117 e. The Bertz CT molecular complexity index is 295. The van der Waals surface area contributed by atoms with Gasteiger partial charge in [0.2, 0.25) is 0 Å². The zero-order valence-electron chi connectivity index (χ0n) is 9.08. The minimum absolute atomic E-state index is 0.611. The molecule has 1 aromatic heterocycles. The highest BCUT2D eigenvalue weighted by Crippen LogP contribution is 2.08. The van der Waals surface area contributed by atoms with Gasteiger partial charge in [-0.3, -0.25) is 0 Å². The van der Waals surface area contributed by atoms with E-state index >= 15 is 0 Å². The van der Waals surface area contributed by atoms with Crippen LogP contribution in [0.25, 0.3) is 0 Å². The summed E-state index contributed by atoms with van der Waals surface area (Å²) in [4.78, 5) is 0. The smallest absolute Gasteiger partial charge is 0.117 e. The van der Waals surface area contributed by atoms with E-state index in [9.17, 15) is 0 Å². The van der Waals surface area contributed by atoms with Crippen molar-refractivity contribution in [2.24, 2.45) is 0 Å². The largest absolute Gasteiger partial charge is 0.465 e. The first-order chi connectivity index (χ1) is 7.34. The second-order valence-electron chi connectivity index (χ2n) is 3.87. The fraction of sp³-hybridized carbons (Fsp3) is 0.636. The molecule has 3 nitrogen and oxygen atoms in total. The maximum absolute atomic E-state index is 5.48. The van der Waals surface area contributed by atoms with E-state index in [1.165, 1.54) is 11.5 Å². The molecular weight excluding hydrogens is 208 g/mol. The van der Waals surface area contributed by atoms with Crippen LogP contribution < -0.4 is 10.6 Å². The van der Waals surface area contributed by atoms with Crippen LogP contribution in [0.2, 0.25) is 0 Å². The van der Waals surface area contributed by atoms with Gasteiger partial charge in [0, 0.05) is 30.6 Å². The minimum atomic E-state index is 0.611. The second-order valence-corrected chi connectivity index (χ2v) is 5.02. The molecule has 0 amide bonds. The Morgan fingerprint density at radius 3 is 3.20 bits per heavy atom. The van der Waals surface area contributed by atoms with Crippen LogP contribution in [-0.2, 0) is 6.54 Å². The van der Waals surface area contributed by atoms with Gasteiger partial charge in [-0.2, -0.15) is 11.8 Å². The third-order valence-electron chi connectivity index (χ3n) is 2.48. The zero-order chi connectivity index (χ0) is 10.5. The standard InChI is InChI=1S/C11H18N2OS/c1-9-2-3-11(14-9)7-12-6-10-8-15-5-4-13-10/h2-3,10,12-13H,4-8H2,1H3. The number of nitrogens with one attached hydrogen (secondary N) is 2. The highest BCUT2D eigenvalue weighted by molar-refractivity contribution is 7.99. The van der Waals surface area contributed by atoms with Gasteiger partial charge in [-0.05, 0) is 19.1 Å². The molecule has 15 heavy (non-hydrogen) atoms. The van der Waals surface area contributed by atoms with Crippen LogP contribution in [0.15, 0.2) is 16.5 Å². The minimum Gasteiger partial charge on any atom is -0.465 e. The van der Waals surface area contributed by atoms with Crippen LogP contribution in [0, 0.1) is 6.92 Å². The average molecular weight is 226 g/mol. The summed E-state index contributed by atoms with van der Waals surface area (Å²) in [5, 5.41) is 6.91. The molecule has 2 rings (SSSR count). The van der Waals surface area contributed by atoms with Gasteiger partial charge in [0.05, 0.1) is 6.54 Å². The molecule has 0 aliphatic carbocycles. The molecular formula is C11H18N2OS. The molecule has 4 heteroatoms. The number of hydrogen-bond donors (Lipinski definition) is 2. The Balaban J connectivity index is 1.65. The van der Waals surface area contributed by atoms with Crippen molar-refractivity contribution >= 4 is 11.8 Å². The lowest BCUT2D eigenvalue weighted by atomic mass is 10.3. The first-order valence-corrected chi connectivity index (χ1v) is 6.57. The fourth-order valence-electron chi connectivity index (χ4n) is 1.70. The number of aryl methyl sites for hydroxylation is 1. The predicted octanol–water partition coefficient (Wildman–Crippen LogP) is 1.38. The lowest BCUT2D eigenvalue weighted by molar-refractivity contribution is 0.444. The van der Waals surface area contributed by atoms with Gasteiger partial charge >= 0.3 is 0 Å². The van der Waals surface area contributed by atoms with Crippen LogP contribution in [-0.4, -0.2) is 30.6 Å². The van der Waals surface area contributed by atoms with E-state index in [4.69, 9.17) is 4.42 Å². The van der Waals surface area contributed by atoms with Gasteiger partial charge < -0.3 is 15.1 Å². The van der Waals surface area contributed by atoms with E-state index < -0.39 is 0 Å². The number of furan rings is 1. The maximum atomic E-state index is 5.48. The van der Waals surface area contributed by atoms with E-state index in [0.29, 0.717) is 6.04 Å². The first kappa shape index (κ1) is 11.0. The highest BCUT2D eigenvalue weighted by atomic mass is 32.2. The van der Waals surface area contributed by atoms with Gasteiger partial charge in [0.1, 0.15) is 11.5 Å². The quantitative estimate of drug-likeness (QED) is 0.813. The zero-order valence-corrected chi connectivity index (χ0v) is 9.90. The van der Waals surface area contributed by atoms with Crippen LogP contribution in [0.5, 0.6) is 0 Å². The predicted molar refractivity (Wildman–Crippen MR) is 64.3 cm³/mol. The van der Waals surface area contributed by atoms with Crippen LogP contribution in [0.3, 0.4) is 0 Å². The first-order valence-electron chi connectivity index (χ1n) is 5.42. The van der Waals surface area contributed by atoms with Crippen LogP contribution >= 0.6 is 11.8 Å². The molecule has 1 atom stereocenters. The third-order valence-corrected chi connectivity index (χ3v) is 3.62. The van der Waals surface area contributed by atoms with Crippen molar-refractivity contribution < 1.29 is 4.42 Å². The molecule has 1 aliphatic heterocycles. The lowest BCUT2D eigenvalue weighted by Gasteiger charge is -2.23. The summed E-state index contributed by atoms with van der Waals surface area (Å²) >= 11 is 2.03. The molecule has 1 aliphatic rings.